The van der Waals surface area contributed by atoms with Crippen molar-refractivity contribution in [2.75, 3.05) is 39.6 Å². The van der Waals surface area contributed by atoms with Crippen molar-refractivity contribution in [1.82, 2.24) is 0 Å². The molecule has 0 aromatic heterocycles. The molecule has 17 nitrogen and oxygen atoms in total. The van der Waals surface area contributed by atoms with Crippen molar-refractivity contribution in [2.24, 2.45) is 11.8 Å². The van der Waals surface area contributed by atoms with E-state index in [0.717, 1.165) is 102 Å². The topological polar surface area (TPSA) is 237 Å². The van der Waals surface area contributed by atoms with Gasteiger partial charge in [-0.3, -0.25) is 37.3 Å². The molecule has 19 heteroatoms. The highest BCUT2D eigenvalue weighted by Gasteiger charge is 2.30. The molecule has 5 atom stereocenters. The maximum absolute atomic E-state index is 13.1. The number of unbranched alkanes of at least 4 members (excludes halogenated alkanes) is 47. The Balaban J connectivity index is 5.25. The van der Waals surface area contributed by atoms with Crippen molar-refractivity contribution in [1.29, 1.82) is 0 Å². The predicted octanol–water partition coefficient (Wildman–Crippen LogP) is 23.1. The fourth-order valence-electron chi connectivity index (χ4n) is 12.0. The molecule has 3 N–H and O–H groups in total. The molecule has 2 unspecified atom stereocenters. The van der Waals surface area contributed by atoms with Crippen molar-refractivity contribution in [2.45, 2.75) is 426 Å². The Kier molecular flexibility index (Phi) is 68.4. The normalized spacial score (nSPS) is 14.0. The number of rotatable bonds is 77. The van der Waals surface area contributed by atoms with E-state index in [1.165, 1.54) is 225 Å². The first-order valence-corrected chi connectivity index (χ1v) is 43.5. The Hall–Kier alpha value is -1.94. The summed E-state index contributed by atoms with van der Waals surface area (Å²) in [6.45, 7) is 9.65. The number of hydrogen-bond donors (Lipinski definition) is 3. The number of aliphatic hydroxyl groups is 1. The number of carbonyl (C=O) groups is 4. The molecule has 0 aliphatic rings. The minimum Gasteiger partial charge on any atom is -0.462 e. The zero-order valence-electron chi connectivity index (χ0n) is 63.4. The Morgan fingerprint density at radius 1 is 0.278 bits per heavy atom. The van der Waals surface area contributed by atoms with Crippen molar-refractivity contribution in [3.05, 3.63) is 0 Å². The van der Waals surface area contributed by atoms with Crippen LogP contribution in [0.2, 0.25) is 0 Å². The van der Waals surface area contributed by atoms with E-state index in [1.54, 1.807) is 0 Å². The van der Waals surface area contributed by atoms with Gasteiger partial charge < -0.3 is 33.8 Å². The minimum absolute atomic E-state index is 0.108. The number of hydrogen-bond acceptors (Lipinski definition) is 15. The van der Waals surface area contributed by atoms with Crippen LogP contribution in [0.3, 0.4) is 0 Å². The molecule has 576 valence electrons. The summed E-state index contributed by atoms with van der Waals surface area (Å²) >= 11 is 0. The third kappa shape index (κ3) is 72.2. The zero-order chi connectivity index (χ0) is 71.4. The third-order valence-corrected chi connectivity index (χ3v) is 20.1. The van der Waals surface area contributed by atoms with Gasteiger partial charge in [0.1, 0.15) is 19.3 Å². The lowest BCUT2D eigenvalue weighted by atomic mass is 10.0. The molecule has 0 spiro atoms. The Morgan fingerprint density at radius 2 is 0.474 bits per heavy atom. The molecule has 0 amide bonds. The summed E-state index contributed by atoms with van der Waals surface area (Å²) in [5.41, 5.74) is 0. The van der Waals surface area contributed by atoms with Crippen LogP contribution in [0, 0.1) is 11.8 Å². The van der Waals surface area contributed by atoms with Gasteiger partial charge >= 0.3 is 39.5 Å². The molecule has 0 fully saturated rings. The summed E-state index contributed by atoms with van der Waals surface area (Å²) < 4.78 is 68.6. The first-order chi connectivity index (χ1) is 46.9. The number of ether oxygens (including phenoxy) is 4. The highest BCUT2D eigenvalue weighted by molar-refractivity contribution is 7.47. The number of carbonyl (C=O) groups excluding carboxylic acids is 4. The largest absolute Gasteiger partial charge is 0.472 e. The highest BCUT2D eigenvalue weighted by atomic mass is 31.2. The monoisotopic (exact) mass is 1420 g/mol. The molecule has 0 aromatic rings. The maximum atomic E-state index is 13.1. The molecular formula is C78H152O17P2. The quantitative estimate of drug-likeness (QED) is 0.0222. The van der Waals surface area contributed by atoms with Crippen molar-refractivity contribution in [3.8, 4) is 0 Å². The lowest BCUT2D eigenvalue weighted by Crippen LogP contribution is -2.30. The van der Waals surface area contributed by atoms with Crippen LogP contribution in [-0.4, -0.2) is 96.7 Å². The van der Waals surface area contributed by atoms with Crippen LogP contribution in [0.4, 0.5) is 0 Å². The van der Waals surface area contributed by atoms with Crippen molar-refractivity contribution < 1.29 is 80.2 Å². The van der Waals surface area contributed by atoms with Crippen LogP contribution in [0.15, 0.2) is 0 Å². The summed E-state index contributed by atoms with van der Waals surface area (Å²) in [5.74, 6) is -0.524. The second-order valence-corrected chi connectivity index (χ2v) is 32.0. The second kappa shape index (κ2) is 69.8. The fraction of sp³-hybridized carbons (Fsp3) is 0.949. The van der Waals surface area contributed by atoms with E-state index in [2.05, 4.69) is 41.5 Å². The molecule has 0 rings (SSSR count). The first kappa shape index (κ1) is 95.1. The number of phosphoric ester groups is 2. The van der Waals surface area contributed by atoms with Gasteiger partial charge in [-0.15, -0.1) is 0 Å². The van der Waals surface area contributed by atoms with Crippen LogP contribution >= 0.6 is 15.6 Å². The second-order valence-electron chi connectivity index (χ2n) is 29.1. The summed E-state index contributed by atoms with van der Waals surface area (Å²) in [6, 6.07) is 0. The minimum atomic E-state index is -4.96. The summed E-state index contributed by atoms with van der Waals surface area (Å²) in [6.07, 6.45) is 58.1. The van der Waals surface area contributed by atoms with E-state index in [4.69, 9.17) is 37.0 Å². The van der Waals surface area contributed by atoms with Gasteiger partial charge in [-0.25, -0.2) is 9.13 Å². The molecule has 0 aliphatic carbocycles. The highest BCUT2D eigenvalue weighted by Crippen LogP contribution is 2.45. The average Bonchev–Trinajstić information content (AvgIpc) is 1.06. The van der Waals surface area contributed by atoms with Gasteiger partial charge in [0.05, 0.1) is 26.4 Å². The van der Waals surface area contributed by atoms with Crippen LogP contribution in [0.1, 0.15) is 408 Å². The average molecular weight is 1420 g/mol. The molecule has 0 radical (unpaired) electrons. The Bertz CT molecular complexity index is 1870. The van der Waals surface area contributed by atoms with E-state index in [1.807, 2.05) is 0 Å². The number of phosphoric acid groups is 2. The van der Waals surface area contributed by atoms with Gasteiger partial charge in [-0.2, -0.15) is 0 Å². The van der Waals surface area contributed by atoms with E-state index in [0.29, 0.717) is 25.7 Å². The first-order valence-electron chi connectivity index (χ1n) is 40.5. The van der Waals surface area contributed by atoms with Crippen LogP contribution in [0.5, 0.6) is 0 Å². The molecule has 0 aromatic carbocycles. The summed E-state index contributed by atoms with van der Waals surface area (Å²) in [5, 5.41) is 10.6. The van der Waals surface area contributed by atoms with Gasteiger partial charge in [0.2, 0.25) is 0 Å². The standard InChI is InChI=1S/C78H152O17P2/c1-7-9-11-13-15-17-19-20-26-32-38-44-50-56-62-77(82)94-73(66-88-75(80)60-54-48-42-36-18-16-14-12-10-8-2)68-92-96(84,85)90-64-72(79)65-91-97(86,87)93-69-74(67-89-76(81)61-55-49-43-37-31-28-23-25-30-35-41-47-53-59-71(5)6)95-78(83)63-57-51-45-39-33-27-22-21-24-29-34-40-46-52-58-70(3)4/h70-74,79H,7-69H2,1-6H3,(H,84,85)(H,86,87)/t72-,73+,74+/m0/s1. The van der Waals surface area contributed by atoms with E-state index in [9.17, 15) is 43.2 Å². The molecule has 0 saturated heterocycles. The third-order valence-electron chi connectivity index (χ3n) is 18.2. The van der Waals surface area contributed by atoms with E-state index < -0.39 is 97.5 Å². The lowest BCUT2D eigenvalue weighted by Gasteiger charge is -2.21. The van der Waals surface area contributed by atoms with Crippen molar-refractivity contribution >= 4 is 39.5 Å². The lowest BCUT2D eigenvalue weighted by molar-refractivity contribution is -0.161. The molecule has 0 aliphatic heterocycles. The number of esters is 4. The predicted molar refractivity (Wildman–Crippen MR) is 395 cm³/mol. The van der Waals surface area contributed by atoms with Gasteiger partial charge in [-0.05, 0) is 37.5 Å². The fourth-order valence-corrected chi connectivity index (χ4v) is 13.6. The van der Waals surface area contributed by atoms with Crippen molar-refractivity contribution in [3.63, 3.8) is 0 Å². The summed E-state index contributed by atoms with van der Waals surface area (Å²) in [7, 11) is -9.91. The van der Waals surface area contributed by atoms with Gasteiger partial charge in [0, 0.05) is 25.7 Å². The Labute approximate surface area is 594 Å². The van der Waals surface area contributed by atoms with E-state index in [-0.39, 0.29) is 25.7 Å². The van der Waals surface area contributed by atoms with Crippen LogP contribution in [-0.2, 0) is 65.4 Å². The van der Waals surface area contributed by atoms with Gasteiger partial charge in [0.15, 0.2) is 12.2 Å². The smallest absolute Gasteiger partial charge is 0.462 e. The van der Waals surface area contributed by atoms with E-state index >= 15 is 0 Å². The molecule has 97 heavy (non-hydrogen) atoms. The van der Waals surface area contributed by atoms with Crippen LogP contribution in [0.25, 0.3) is 0 Å². The SMILES string of the molecule is CCCCCCCCCCCCCCCCC(=O)O[C@H](COC(=O)CCCCCCCCCCCC)COP(=O)(O)OC[C@H](O)COP(=O)(O)OC[C@@H](COC(=O)CCCCCCCCCCCCCCCC(C)C)OC(=O)CCCCCCCCCCCCCCCCC(C)C. The molecule has 0 bridgehead atoms. The van der Waals surface area contributed by atoms with Gasteiger partial charge in [0.25, 0.3) is 0 Å². The number of aliphatic hydroxyl groups excluding tert-OH is 1. The molecule has 0 saturated carbocycles. The Morgan fingerprint density at radius 3 is 0.701 bits per heavy atom. The molecule has 0 heterocycles. The van der Waals surface area contributed by atoms with Gasteiger partial charge in [-0.1, -0.05) is 356 Å². The van der Waals surface area contributed by atoms with Crippen LogP contribution < -0.4 is 0 Å². The zero-order valence-corrected chi connectivity index (χ0v) is 65.2. The summed E-state index contributed by atoms with van der Waals surface area (Å²) in [4.78, 5) is 72.9. The molecular weight excluding hydrogens is 1270 g/mol. The maximum Gasteiger partial charge on any atom is 0.472 e.